The Kier molecular flexibility index (Phi) is 3.24. The summed E-state index contributed by atoms with van der Waals surface area (Å²) in [6.45, 7) is 4.27. The predicted molar refractivity (Wildman–Crippen MR) is 66.4 cm³/mol. The first-order valence-corrected chi connectivity index (χ1v) is 5.68. The number of nitriles is 1. The molecule has 3 heteroatoms. The summed E-state index contributed by atoms with van der Waals surface area (Å²) in [5.41, 5.74) is 1.44. The highest BCUT2D eigenvalue weighted by Gasteiger charge is 2.26. The average molecular weight is 226 g/mol. The van der Waals surface area contributed by atoms with Crippen LogP contribution in [-0.2, 0) is 4.79 Å². The summed E-state index contributed by atoms with van der Waals surface area (Å²) in [6, 6.07) is 9.14. The number of rotatable bonds is 4. The van der Waals surface area contributed by atoms with Crippen molar-refractivity contribution in [2.45, 2.75) is 12.8 Å². The van der Waals surface area contributed by atoms with Gasteiger partial charge < -0.3 is 4.90 Å². The van der Waals surface area contributed by atoms with Crippen LogP contribution in [0.4, 0.5) is 5.69 Å². The molecule has 3 nitrogen and oxygen atoms in total. The summed E-state index contributed by atoms with van der Waals surface area (Å²) in [7, 11) is 0. The molecule has 2 rings (SSSR count). The molecule has 1 saturated carbocycles. The third kappa shape index (κ3) is 2.73. The summed E-state index contributed by atoms with van der Waals surface area (Å²) in [6.07, 6.45) is 3.72. The van der Waals surface area contributed by atoms with E-state index in [2.05, 4.69) is 12.6 Å². The molecule has 0 unspecified atom stereocenters. The smallest absolute Gasteiger partial charge is 0.250 e. The van der Waals surface area contributed by atoms with E-state index in [1.165, 1.54) is 18.9 Å². The highest BCUT2D eigenvalue weighted by atomic mass is 16.2. The molecule has 1 aromatic carbocycles. The molecule has 1 aliphatic rings. The summed E-state index contributed by atoms with van der Waals surface area (Å²) < 4.78 is 0. The van der Waals surface area contributed by atoms with Crippen LogP contribution in [0.15, 0.2) is 36.9 Å². The molecule has 1 fully saturated rings. The second-order valence-corrected chi connectivity index (χ2v) is 4.26. The Hall–Kier alpha value is -2.08. The zero-order valence-corrected chi connectivity index (χ0v) is 9.60. The van der Waals surface area contributed by atoms with E-state index in [1.54, 1.807) is 17.0 Å². The number of anilines is 1. The molecule has 86 valence electrons. The van der Waals surface area contributed by atoms with E-state index in [1.807, 2.05) is 12.1 Å². The number of nitrogens with zero attached hydrogens (tertiary/aromatic N) is 2. The molecular weight excluding hydrogens is 212 g/mol. The maximum absolute atomic E-state index is 11.8. The van der Waals surface area contributed by atoms with Gasteiger partial charge in [0.25, 0.3) is 0 Å². The lowest BCUT2D eigenvalue weighted by Gasteiger charge is -2.21. The van der Waals surface area contributed by atoms with Gasteiger partial charge in [0.05, 0.1) is 11.6 Å². The molecule has 1 aromatic rings. The van der Waals surface area contributed by atoms with Crippen molar-refractivity contribution in [3.05, 3.63) is 42.5 Å². The van der Waals surface area contributed by atoms with Crippen LogP contribution in [0.5, 0.6) is 0 Å². The average Bonchev–Trinajstić information content (AvgIpc) is 3.19. The molecule has 0 bridgehead atoms. The van der Waals surface area contributed by atoms with Gasteiger partial charge in [-0.1, -0.05) is 6.58 Å². The Morgan fingerprint density at radius 2 is 2.12 bits per heavy atom. The van der Waals surface area contributed by atoms with Crippen LogP contribution >= 0.6 is 0 Å². The van der Waals surface area contributed by atoms with Gasteiger partial charge in [-0.05, 0) is 49.1 Å². The number of hydrogen-bond acceptors (Lipinski definition) is 2. The van der Waals surface area contributed by atoms with Crippen LogP contribution in [0.1, 0.15) is 18.4 Å². The van der Waals surface area contributed by atoms with E-state index < -0.39 is 0 Å². The van der Waals surface area contributed by atoms with Gasteiger partial charge in [0, 0.05) is 12.2 Å². The van der Waals surface area contributed by atoms with Crippen LogP contribution < -0.4 is 4.90 Å². The monoisotopic (exact) mass is 226 g/mol. The first-order chi connectivity index (χ1) is 8.24. The summed E-state index contributed by atoms with van der Waals surface area (Å²) >= 11 is 0. The first-order valence-electron chi connectivity index (χ1n) is 5.68. The van der Waals surface area contributed by atoms with Gasteiger partial charge in [0.2, 0.25) is 5.91 Å². The number of carbonyl (C=O) groups excluding carboxylic acids is 1. The van der Waals surface area contributed by atoms with Crippen LogP contribution in [0.25, 0.3) is 0 Å². The molecule has 1 amide bonds. The van der Waals surface area contributed by atoms with Gasteiger partial charge in [-0.2, -0.15) is 5.26 Å². The Bertz CT molecular complexity index is 466. The molecule has 0 spiro atoms. The molecule has 0 radical (unpaired) electrons. The highest BCUT2D eigenvalue weighted by molar-refractivity contribution is 6.01. The zero-order chi connectivity index (χ0) is 12.3. The van der Waals surface area contributed by atoms with E-state index in [0.717, 1.165) is 12.2 Å². The van der Waals surface area contributed by atoms with Gasteiger partial charge >= 0.3 is 0 Å². The molecule has 17 heavy (non-hydrogen) atoms. The fourth-order valence-corrected chi connectivity index (χ4v) is 1.71. The fourth-order valence-electron chi connectivity index (χ4n) is 1.71. The van der Waals surface area contributed by atoms with E-state index in [0.29, 0.717) is 11.5 Å². The van der Waals surface area contributed by atoms with Crippen LogP contribution in [-0.4, -0.2) is 12.5 Å². The van der Waals surface area contributed by atoms with Crippen molar-refractivity contribution in [1.82, 2.24) is 0 Å². The van der Waals surface area contributed by atoms with Gasteiger partial charge in [-0.15, -0.1) is 0 Å². The lowest BCUT2D eigenvalue weighted by Crippen LogP contribution is -2.31. The minimum absolute atomic E-state index is 0.0818. The van der Waals surface area contributed by atoms with Crippen molar-refractivity contribution in [1.29, 1.82) is 5.26 Å². The van der Waals surface area contributed by atoms with Gasteiger partial charge in [0.15, 0.2) is 0 Å². The molecule has 0 heterocycles. The normalized spacial score (nSPS) is 13.8. The second kappa shape index (κ2) is 4.84. The van der Waals surface area contributed by atoms with Crippen LogP contribution in [0.3, 0.4) is 0 Å². The van der Waals surface area contributed by atoms with E-state index in [4.69, 9.17) is 5.26 Å². The van der Waals surface area contributed by atoms with Gasteiger partial charge in [0.1, 0.15) is 0 Å². The quantitative estimate of drug-likeness (QED) is 0.740. The Morgan fingerprint density at radius 3 is 2.59 bits per heavy atom. The number of amides is 1. The van der Waals surface area contributed by atoms with Gasteiger partial charge in [-0.3, -0.25) is 4.79 Å². The van der Waals surface area contributed by atoms with Crippen molar-refractivity contribution in [2.75, 3.05) is 11.4 Å². The maximum atomic E-state index is 11.8. The van der Waals surface area contributed by atoms with E-state index in [-0.39, 0.29) is 5.91 Å². The van der Waals surface area contributed by atoms with Crippen molar-refractivity contribution in [3.8, 4) is 6.07 Å². The van der Waals surface area contributed by atoms with Crippen molar-refractivity contribution >= 4 is 11.6 Å². The lowest BCUT2D eigenvalue weighted by atomic mass is 10.2. The van der Waals surface area contributed by atoms with Crippen molar-refractivity contribution in [3.63, 3.8) is 0 Å². The van der Waals surface area contributed by atoms with E-state index in [9.17, 15) is 4.79 Å². The largest absolute Gasteiger partial charge is 0.309 e. The minimum atomic E-state index is -0.0818. The Balaban J connectivity index is 2.20. The minimum Gasteiger partial charge on any atom is -0.309 e. The maximum Gasteiger partial charge on any atom is 0.250 e. The molecule has 0 aromatic heterocycles. The number of hydrogen-bond donors (Lipinski definition) is 0. The lowest BCUT2D eigenvalue weighted by molar-refractivity contribution is -0.114. The number of benzene rings is 1. The van der Waals surface area contributed by atoms with Crippen LogP contribution in [0, 0.1) is 17.2 Å². The first kappa shape index (κ1) is 11.4. The molecule has 0 saturated heterocycles. The standard InChI is InChI=1S/C14H14N2O/c1-2-14(17)16(10-12-3-4-12)13-7-5-11(9-15)6-8-13/h2,5-8,12H,1,3-4,10H2. The molecule has 0 atom stereocenters. The molecule has 0 N–H and O–H groups in total. The van der Waals surface area contributed by atoms with E-state index >= 15 is 0 Å². The summed E-state index contributed by atoms with van der Waals surface area (Å²) in [5.74, 6) is 0.538. The zero-order valence-electron chi connectivity index (χ0n) is 9.60. The van der Waals surface area contributed by atoms with Crippen LogP contribution in [0.2, 0.25) is 0 Å². The molecule has 1 aliphatic carbocycles. The predicted octanol–water partition coefficient (Wildman–Crippen LogP) is 2.49. The Morgan fingerprint density at radius 1 is 1.47 bits per heavy atom. The second-order valence-electron chi connectivity index (χ2n) is 4.26. The summed E-state index contributed by atoms with van der Waals surface area (Å²) in [4.78, 5) is 13.5. The third-order valence-corrected chi connectivity index (χ3v) is 2.89. The molecular formula is C14H14N2O. The van der Waals surface area contributed by atoms with Gasteiger partial charge in [-0.25, -0.2) is 0 Å². The molecule has 0 aliphatic heterocycles. The topological polar surface area (TPSA) is 44.1 Å². The highest BCUT2D eigenvalue weighted by Crippen LogP contribution is 2.31. The number of carbonyl (C=O) groups is 1. The summed E-state index contributed by atoms with van der Waals surface area (Å²) in [5, 5.41) is 8.73. The Labute approximate surface area is 101 Å². The fraction of sp³-hybridized carbons (Fsp3) is 0.286. The third-order valence-electron chi connectivity index (χ3n) is 2.89. The van der Waals surface area contributed by atoms with Crippen molar-refractivity contribution in [2.24, 2.45) is 5.92 Å². The SMILES string of the molecule is C=CC(=O)N(CC1CC1)c1ccc(C#N)cc1. The van der Waals surface area contributed by atoms with Crippen molar-refractivity contribution < 1.29 is 4.79 Å².